The summed E-state index contributed by atoms with van der Waals surface area (Å²) in [5, 5.41) is 0. The number of benzene rings is 2. The van der Waals surface area contributed by atoms with E-state index in [9.17, 15) is 13.2 Å². The van der Waals surface area contributed by atoms with Crippen molar-refractivity contribution in [2.24, 2.45) is 0 Å². The summed E-state index contributed by atoms with van der Waals surface area (Å²) in [5.41, 5.74) is 1.92. The fourth-order valence-corrected chi connectivity index (χ4v) is 4.55. The highest BCUT2D eigenvalue weighted by atomic mass is 32.2. The Labute approximate surface area is 172 Å². The van der Waals surface area contributed by atoms with E-state index in [0.717, 1.165) is 16.9 Å². The van der Waals surface area contributed by atoms with E-state index in [4.69, 9.17) is 4.74 Å². The smallest absolute Gasteiger partial charge is 0.246 e. The van der Waals surface area contributed by atoms with Crippen LogP contribution >= 0.6 is 0 Å². The number of carbonyl (C=O) groups is 1. The van der Waals surface area contributed by atoms with Crippen LogP contribution in [0.15, 0.2) is 59.5 Å². The highest BCUT2D eigenvalue weighted by Crippen LogP contribution is 2.18. The number of amides is 1. The number of sulfonamides is 1. The molecule has 1 amide bonds. The minimum absolute atomic E-state index is 0.119. The lowest BCUT2D eigenvalue weighted by atomic mass is 10.2. The minimum Gasteiger partial charge on any atom is -0.494 e. The van der Waals surface area contributed by atoms with Gasteiger partial charge in [0.25, 0.3) is 0 Å². The van der Waals surface area contributed by atoms with E-state index in [1.165, 1.54) is 10.4 Å². The molecule has 1 aliphatic heterocycles. The number of piperazine rings is 1. The average Bonchev–Trinajstić information content (AvgIpc) is 2.73. The molecule has 0 radical (unpaired) electrons. The standard InChI is InChI=1S/C22H26N2O4S/c1-3-28-20-9-6-19(7-10-20)8-13-22(25)23-14-16-24(17-15-23)29(26,27)21-11-4-18(2)5-12-21/h4-13H,3,14-17H2,1-2H3/b13-8+. The first-order valence-corrected chi connectivity index (χ1v) is 11.1. The third-order valence-electron chi connectivity index (χ3n) is 4.82. The molecule has 0 atom stereocenters. The van der Waals surface area contributed by atoms with E-state index in [1.54, 1.807) is 35.2 Å². The van der Waals surface area contributed by atoms with Gasteiger partial charge in [0.15, 0.2) is 0 Å². The number of carbonyl (C=O) groups excluding carboxylic acids is 1. The van der Waals surface area contributed by atoms with E-state index in [1.807, 2.05) is 38.1 Å². The molecule has 2 aromatic rings. The number of hydrogen-bond donors (Lipinski definition) is 0. The summed E-state index contributed by atoms with van der Waals surface area (Å²) in [7, 11) is -3.53. The van der Waals surface area contributed by atoms with Gasteiger partial charge in [0.05, 0.1) is 11.5 Å². The molecular weight excluding hydrogens is 388 g/mol. The van der Waals surface area contributed by atoms with E-state index in [0.29, 0.717) is 37.7 Å². The molecule has 1 fully saturated rings. The van der Waals surface area contributed by atoms with Crippen LogP contribution in [0.1, 0.15) is 18.1 Å². The van der Waals surface area contributed by atoms with E-state index in [-0.39, 0.29) is 5.91 Å². The molecule has 1 heterocycles. The van der Waals surface area contributed by atoms with Crippen LogP contribution in [-0.4, -0.2) is 56.3 Å². The molecule has 0 bridgehead atoms. The first-order valence-electron chi connectivity index (χ1n) is 9.67. The second-order valence-electron chi connectivity index (χ2n) is 6.88. The second kappa shape index (κ2) is 9.24. The van der Waals surface area contributed by atoms with Gasteiger partial charge in [-0.1, -0.05) is 29.8 Å². The molecule has 6 nitrogen and oxygen atoms in total. The summed E-state index contributed by atoms with van der Waals surface area (Å²) >= 11 is 0. The van der Waals surface area contributed by atoms with Crippen molar-refractivity contribution in [1.29, 1.82) is 0 Å². The molecule has 0 N–H and O–H groups in total. The minimum atomic E-state index is -3.53. The zero-order valence-corrected chi connectivity index (χ0v) is 17.6. The van der Waals surface area contributed by atoms with Gasteiger partial charge < -0.3 is 9.64 Å². The number of aryl methyl sites for hydroxylation is 1. The maximum atomic E-state index is 12.8. The van der Waals surface area contributed by atoms with Gasteiger partial charge in [-0.15, -0.1) is 0 Å². The number of nitrogens with zero attached hydrogens (tertiary/aromatic N) is 2. The molecule has 0 aliphatic carbocycles. The molecule has 1 aliphatic rings. The molecule has 0 saturated carbocycles. The Kier molecular flexibility index (Phi) is 6.71. The molecule has 29 heavy (non-hydrogen) atoms. The third-order valence-corrected chi connectivity index (χ3v) is 6.73. The normalized spacial score (nSPS) is 15.6. The van der Waals surface area contributed by atoms with Crippen LogP contribution in [0.2, 0.25) is 0 Å². The van der Waals surface area contributed by atoms with Gasteiger partial charge in [-0.2, -0.15) is 4.31 Å². The average molecular weight is 415 g/mol. The monoisotopic (exact) mass is 414 g/mol. The Hall–Kier alpha value is -2.64. The van der Waals surface area contributed by atoms with Crippen molar-refractivity contribution in [3.05, 3.63) is 65.7 Å². The van der Waals surface area contributed by atoms with Gasteiger partial charge in [-0.05, 0) is 49.8 Å². The Morgan fingerprint density at radius 3 is 2.21 bits per heavy atom. The molecule has 2 aromatic carbocycles. The summed E-state index contributed by atoms with van der Waals surface area (Å²) in [6, 6.07) is 14.3. The van der Waals surface area contributed by atoms with Crippen molar-refractivity contribution in [1.82, 2.24) is 9.21 Å². The van der Waals surface area contributed by atoms with Crippen LogP contribution < -0.4 is 4.74 Å². The first kappa shape index (κ1) is 21.1. The number of hydrogen-bond acceptors (Lipinski definition) is 4. The predicted molar refractivity (Wildman–Crippen MR) is 113 cm³/mol. The van der Waals surface area contributed by atoms with Gasteiger partial charge in [0, 0.05) is 32.3 Å². The lowest BCUT2D eigenvalue weighted by Crippen LogP contribution is -2.50. The number of ether oxygens (including phenoxy) is 1. The SMILES string of the molecule is CCOc1ccc(/C=C/C(=O)N2CCN(S(=O)(=O)c3ccc(C)cc3)CC2)cc1. The topological polar surface area (TPSA) is 66.9 Å². The van der Waals surface area contributed by atoms with Gasteiger partial charge >= 0.3 is 0 Å². The van der Waals surface area contributed by atoms with Crippen molar-refractivity contribution in [3.8, 4) is 5.75 Å². The predicted octanol–water partition coefficient (Wildman–Crippen LogP) is 2.94. The van der Waals surface area contributed by atoms with E-state index >= 15 is 0 Å². The molecular formula is C22H26N2O4S. The summed E-state index contributed by atoms with van der Waals surface area (Å²) in [4.78, 5) is 14.4. The summed E-state index contributed by atoms with van der Waals surface area (Å²) < 4.78 is 32.4. The van der Waals surface area contributed by atoms with Gasteiger partial charge in [-0.25, -0.2) is 8.42 Å². The molecule has 0 aromatic heterocycles. The van der Waals surface area contributed by atoms with Crippen LogP contribution in [0, 0.1) is 6.92 Å². The van der Waals surface area contributed by atoms with Crippen LogP contribution in [0.5, 0.6) is 5.75 Å². The molecule has 1 saturated heterocycles. The highest BCUT2D eigenvalue weighted by Gasteiger charge is 2.29. The Morgan fingerprint density at radius 2 is 1.62 bits per heavy atom. The lowest BCUT2D eigenvalue weighted by Gasteiger charge is -2.33. The van der Waals surface area contributed by atoms with Crippen LogP contribution in [-0.2, 0) is 14.8 Å². The summed E-state index contributed by atoms with van der Waals surface area (Å²) in [5.74, 6) is 0.674. The molecule has 154 valence electrons. The third kappa shape index (κ3) is 5.25. The van der Waals surface area contributed by atoms with Gasteiger partial charge in [-0.3, -0.25) is 4.79 Å². The fourth-order valence-electron chi connectivity index (χ4n) is 3.12. The van der Waals surface area contributed by atoms with Crippen molar-refractivity contribution in [3.63, 3.8) is 0 Å². The van der Waals surface area contributed by atoms with Gasteiger partial charge in [0.1, 0.15) is 5.75 Å². The Morgan fingerprint density at radius 1 is 1.00 bits per heavy atom. The molecule has 0 unspecified atom stereocenters. The quantitative estimate of drug-likeness (QED) is 0.682. The Balaban J connectivity index is 1.57. The van der Waals surface area contributed by atoms with Crippen molar-refractivity contribution < 1.29 is 17.9 Å². The summed E-state index contributed by atoms with van der Waals surface area (Å²) in [6.07, 6.45) is 3.29. The van der Waals surface area contributed by atoms with Crippen molar-refractivity contribution in [2.45, 2.75) is 18.7 Å². The zero-order valence-electron chi connectivity index (χ0n) is 16.7. The zero-order chi connectivity index (χ0) is 20.9. The molecule has 3 rings (SSSR count). The van der Waals surface area contributed by atoms with Crippen LogP contribution in [0.3, 0.4) is 0 Å². The van der Waals surface area contributed by atoms with E-state index < -0.39 is 10.0 Å². The summed E-state index contributed by atoms with van der Waals surface area (Å²) in [6.45, 7) is 5.78. The van der Waals surface area contributed by atoms with Crippen molar-refractivity contribution in [2.75, 3.05) is 32.8 Å². The largest absolute Gasteiger partial charge is 0.494 e. The lowest BCUT2D eigenvalue weighted by molar-refractivity contribution is -0.127. The van der Waals surface area contributed by atoms with Crippen molar-refractivity contribution >= 4 is 22.0 Å². The van der Waals surface area contributed by atoms with Crippen LogP contribution in [0.25, 0.3) is 6.08 Å². The fraction of sp³-hybridized carbons (Fsp3) is 0.318. The first-order chi connectivity index (χ1) is 13.9. The maximum absolute atomic E-state index is 12.8. The Bertz CT molecular complexity index is 959. The molecule has 0 spiro atoms. The number of rotatable bonds is 6. The highest BCUT2D eigenvalue weighted by molar-refractivity contribution is 7.89. The molecule has 7 heteroatoms. The van der Waals surface area contributed by atoms with Crippen LogP contribution in [0.4, 0.5) is 0 Å². The van der Waals surface area contributed by atoms with Gasteiger partial charge in [0.2, 0.25) is 15.9 Å². The van der Waals surface area contributed by atoms with E-state index in [2.05, 4.69) is 0 Å². The maximum Gasteiger partial charge on any atom is 0.246 e. The second-order valence-corrected chi connectivity index (χ2v) is 8.82.